The average Bonchev–Trinajstić information content (AvgIpc) is 2.72. The molecule has 0 bridgehead atoms. The molecular weight excluding hydrogens is 330 g/mol. The molecule has 132 valence electrons. The highest BCUT2D eigenvalue weighted by Gasteiger charge is 2.08. The second-order valence-corrected chi connectivity index (χ2v) is 5.53. The van der Waals surface area contributed by atoms with Gasteiger partial charge in [0, 0.05) is 31.5 Å². The van der Waals surface area contributed by atoms with Crippen LogP contribution in [0.25, 0.3) is 0 Å². The number of hydrogen-bond acceptors (Lipinski definition) is 6. The first-order chi connectivity index (χ1) is 12.7. The van der Waals surface area contributed by atoms with Gasteiger partial charge in [0.25, 0.3) is 5.91 Å². The maximum Gasteiger partial charge on any atom is 0.270 e. The lowest BCUT2D eigenvalue weighted by Crippen LogP contribution is -2.24. The Bertz CT molecular complexity index is 853. The zero-order valence-corrected chi connectivity index (χ0v) is 14.3. The van der Waals surface area contributed by atoms with Gasteiger partial charge in [-0.3, -0.25) is 9.78 Å². The highest BCUT2D eigenvalue weighted by atomic mass is 16.5. The number of amides is 1. The minimum atomic E-state index is -0.254. The molecule has 0 saturated heterocycles. The van der Waals surface area contributed by atoms with Crippen molar-refractivity contribution >= 4 is 11.7 Å². The average molecular weight is 349 g/mol. The Hall–Kier alpha value is -3.48. The number of ether oxygens (including phenoxy) is 1. The summed E-state index contributed by atoms with van der Waals surface area (Å²) in [6.45, 7) is 0.999. The third-order valence-electron chi connectivity index (χ3n) is 3.73. The van der Waals surface area contributed by atoms with Crippen LogP contribution in [0.1, 0.15) is 21.6 Å². The molecule has 0 aliphatic carbocycles. The molecule has 0 radical (unpaired) electrons. The Kier molecular flexibility index (Phi) is 5.72. The number of hydrogen-bond donors (Lipinski definition) is 2. The lowest BCUT2D eigenvalue weighted by Gasteiger charge is -2.08. The van der Waals surface area contributed by atoms with Crippen LogP contribution < -0.4 is 15.4 Å². The molecule has 2 heterocycles. The molecule has 7 nitrogen and oxygen atoms in total. The normalized spacial score (nSPS) is 10.2. The van der Waals surface area contributed by atoms with Crippen LogP contribution in [0.15, 0.2) is 61.2 Å². The Labute approximate surface area is 151 Å². The van der Waals surface area contributed by atoms with Gasteiger partial charge in [0.15, 0.2) is 0 Å². The van der Waals surface area contributed by atoms with E-state index in [1.807, 2.05) is 36.4 Å². The zero-order valence-electron chi connectivity index (χ0n) is 14.3. The highest BCUT2D eigenvalue weighted by Crippen LogP contribution is 2.11. The van der Waals surface area contributed by atoms with Crippen molar-refractivity contribution in [3.8, 4) is 5.75 Å². The minimum absolute atomic E-state index is 0.254. The predicted molar refractivity (Wildman–Crippen MR) is 97.8 cm³/mol. The molecular formula is C19H19N5O2. The molecule has 1 aromatic carbocycles. The molecule has 26 heavy (non-hydrogen) atoms. The summed E-state index contributed by atoms with van der Waals surface area (Å²) in [5.74, 6) is 1.11. The molecule has 0 unspecified atom stereocenters. The number of aromatic nitrogens is 3. The van der Waals surface area contributed by atoms with Gasteiger partial charge in [-0.05, 0) is 35.4 Å². The van der Waals surface area contributed by atoms with Gasteiger partial charge in [-0.2, -0.15) is 0 Å². The first-order valence-electron chi connectivity index (χ1n) is 8.10. The molecule has 1 amide bonds. The molecule has 0 saturated carbocycles. The lowest BCUT2D eigenvalue weighted by atomic mass is 10.2. The second kappa shape index (κ2) is 8.57. The van der Waals surface area contributed by atoms with Crippen LogP contribution >= 0.6 is 0 Å². The third-order valence-corrected chi connectivity index (χ3v) is 3.73. The smallest absolute Gasteiger partial charge is 0.270 e. The molecule has 2 aromatic heterocycles. The predicted octanol–water partition coefficient (Wildman–Crippen LogP) is 2.42. The van der Waals surface area contributed by atoms with Crippen molar-refractivity contribution in [1.29, 1.82) is 0 Å². The maximum absolute atomic E-state index is 12.3. The number of pyridine rings is 1. The summed E-state index contributed by atoms with van der Waals surface area (Å²) in [6.07, 6.45) is 4.83. The largest absolute Gasteiger partial charge is 0.497 e. The van der Waals surface area contributed by atoms with E-state index in [0.29, 0.717) is 24.6 Å². The number of carbonyl (C=O) groups excluding carboxylic acids is 1. The van der Waals surface area contributed by atoms with Crippen molar-refractivity contribution < 1.29 is 9.53 Å². The van der Waals surface area contributed by atoms with Crippen LogP contribution in [0, 0.1) is 0 Å². The summed E-state index contributed by atoms with van der Waals surface area (Å²) in [6, 6.07) is 13.0. The first kappa shape index (κ1) is 17.3. The van der Waals surface area contributed by atoms with Gasteiger partial charge in [-0.1, -0.05) is 12.1 Å². The Balaban J connectivity index is 1.57. The van der Waals surface area contributed by atoms with Crippen LogP contribution in [-0.4, -0.2) is 28.0 Å². The highest BCUT2D eigenvalue weighted by molar-refractivity contribution is 5.92. The van der Waals surface area contributed by atoms with Gasteiger partial charge in [0.2, 0.25) is 0 Å². The number of nitrogens with one attached hydrogen (secondary N) is 2. The number of carbonyl (C=O) groups is 1. The van der Waals surface area contributed by atoms with Crippen molar-refractivity contribution in [2.45, 2.75) is 13.1 Å². The number of nitrogens with zero attached hydrogens (tertiary/aromatic N) is 3. The standard InChI is InChI=1S/C19H19N5O2/c1-26-16-4-2-14(3-5-16)12-22-19(25)17-10-18(24-13-23-17)21-11-15-6-8-20-9-7-15/h2-10,13H,11-12H2,1H3,(H,22,25)(H,21,23,24). The topological polar surface area (TPSA) is 89.0 Å². The summed E-state index contributed by atoms with van der Waals surface area (Å²) in [5.41, 5.74) is 2.36. The van der Waals surface area contributed by atoms with Crippen molar-refractivity contribution in [3.63, 3.8) is 0 Å². The summed E-state index contributed by atoms with van der Waals surface area (Å²) < 4.78 is 5.12. The van der Waals surface area contributed by atoms with E-state index in [4.69, 9.17) is 4.74 Å². The quantitative estimate of drug-likeness (QED) is 0.681. The number of benzene rings is 1. The molecule has 0 aliphatic rings. The second-order valence-electron chi connectivity index (χ2n) is 5.53. The van der Waals surface area contributed by atoms with Crippen LogP contribution in [0.4, 0.5) is 5.82 Å². The Morgan fingerprint density at radius 1 is 1.00 bits per heavy atom. The van der Waals surface area contributed by atoms with E-state index in [0.717, 1.165) is 16.9 Å². The first-order valence-corrected chi connectivity index (χ1v) is 8.10. The third kappa shape index (κ3) is 4.76. The summed E-state index contributed by atoms with van der Waals surface area (Å²) in [7, 11) is 1.62. The summed E-state index contributed by atoms with van der Waals surface area (Å²) in [5, 5.41) is 6.02. The molecule has 3 rings (SSSR count). The van der Waals surface area contributed by atoms with Gasteiger partial charge in [-0.25, -0.2) is 9.97 Å². The fourth-order valence-electron chi connectivity index (χ4n) is 2.29. The zero-order chi connectivity index (χ0) is 18.2. The number of anilines is 1. The van der Waals surface area contributed by atoms with E-state index < -0.39 is 0 Å². The summed E-state index contributed by atoms with van der Waals surface area (Å²) in [4.78, 5) is 24.5. The van der Waals surface area contributed by atoms with E-state index in [9.17, 15) is 4.79 Å². The van der Waals surface area contributed by atoms with E-state index in [1.54, 1.807) is 25.6 Å². The van der Waals surface area contributed by atoms with Gasteiger partial charge < -0.3 is 15.4 Å². The van der Waals surface area contributed by atoms with Crippen molar-refractivity contribution in [2.75, 3.05) is 12.4 Å². The van der Waals surface area contributed by atoms with Crippen LogP contribution in [0.2, 0.25) is 0 Å². The molecule has 0 fully saturated rings. The SMILES string of the molecule is COc1ccc(CNC(=O)c2cc(NCc3ccncc3)ncn2)cc1. The fraction of sp³-hybridized carbons (Fsp3) is 0.158. The van der Waals surface area contributed by atoms with Crippen LogP contribution in [0.3, 0.4) is 0 Å². The lowest BCUT2D eigenvalue weighted by molar-refractivity contribution is 0.0946. The van der Waals surface area contributed by atoms with Crippen LogP contribution in [-0.2, 0) is 13.1 Å². The van der Waals surface area contributed by atoms with Gasteiger partial charge >= 0.3 is 0 Å². The molecule has 0 atom stereocenters. The molecule has 0 spiro atoms. The van der Waals surface area contributed by atoms with Crippen LogP contribution in [0.5, 0.6) is 5.75 Å². The van der Waals surface area contributed by atoms with Crippen molar-refractivity contribution in [2.24, 2.45) is 0 Å². The van der Waals surface area contributed by atoms with E-state index in [-0.39, 0.29) is 5.91 Å². The fourth-order valence-corrected chi connectivity index (χ4v) is 2.29. The van der Waals surface area contributed by atoms with Gasteiger partial charge in [-0.15, -0.1) is 0 Å². The van der Waals surface area contributed by atoms with Gasteiger partial charge in [0.1, 0.15) is 23.6 Å². The number of methoxy groups -OCH3 is 1. The monoisotopic (exact) mass is 349 g/mol. The molecule has 7 heteroatoms. The minimum Gasteiger partial charge on any atom is -0.497 e. The van der Waals surface area contributed by atoms with Crippen molar-refractivity contribution in [1.82, 2.24) is 20.3 Å². The van der Waals surface area contributed by atoms with Crippen molar-refractivity contribution in [3.05, 3.63) is 78.0 Å². The Morgan fingerprint density at radius 2 is 1.73 bits per heavy atom. The van der Waals surface area contributed by atoms with Gasteiger partial charge in [0.05, 0.1) is 7.11 Å². The Morgan fingerprint density at radius 3 is 2.46 bits per heavy atom. The summed E-state index contributed by atoms with van der Waals surface area (Å²) >= 11 is 0. The van der Waals surface area contributed by atoms with E-state index in [2.05, 4.69) is 25.6 Å². The maximum atomic E-state index is 12.3. The molecule has 0 aliphatic heterocycles. The number of rotatable bonds is 7. The molecule has 2 N–H and O–H groups in total. The molecule has 3 aromatic rings. The van der Waals surface area contributed by atoms with E-state index in [1.165, 1.54) is 6.33 Å². The van der Waals surface area contributed by atoms with E-state index >= 15 is 0 Å².